The van der Waals surface area contributed by atoms with Crippen LogP contribution < -0.4 is 10.2 Å². The molecular weight excluding hydrogens is 292 g/mol. The largest absolute Gasteiger partial charge is 0.478 e. The van der Waals surface area contributed by atoms with Crippen LogP contribution in [0.1, 0.15) is 33.6 Å². The van der Waals surface area contributed by atoms with Gasteiger partial charge in [-0.2, -0.15) is 0 Å². The van der Waals surface area contributed by atoms with Crippen molar-refractivity contribution in [3.05, 3.63) is 59.7 Å². The molecule has 0 aliphatic carbocycles. The van der Waals surface area contributed by atoms with E-state index in [1.54, 1.807) is 36.4 Å². The van der Waals surface area contributed by atoms with Crippen LogP contribution in [0, 0.1) is 0 Å². The third-order valence-electron chi connectivity index (χ3n) is 3.97. The van der Waals surface area contributed by atoms with E-state index < -0.39 is 5.97 Å². The first-order valence-electron chi connectivity index (χ1n) is 7.64. The Morgan fingerprint density at radius 3 is 2.35 bits per heavy atom. The molecule has 2 aromatic carbocycles. The van der Waals surface area contributed by atoms with Crippen molar-refractivity contribution in [1.29, 1.82) is 0 Å². The number of aromatic carboxylic acids is 1. The van der Waals surface area contributed by atoms with Gasteiger partial charge in [-0.25, -0.2) is 4.79 Å². The average Bonchev–Trinajstić information content (AvgIpc) is 3.10. The molecule has 0 saturated carbocycles. The van der Waals surface area contributed by atoms with Crippen LogP contribution in [0.5, 0.6) is 0 Å². The van der Waals surface area contributed by atoms with E-state index >= 15 is 0 Å². The Morgan fingerprint density at radius 2 is 1.70 bits per heavy atom. The highest BCUT2D eigenvalue weighted by atomic mass is 16.4. The number of carbonyl (C=O) groups is 2. The van der Waals surface area contributed by atoms with Crippen molar-refractivity contribution in [3.8, 4) is 0 Å². The van der Waals surface area contributed by atoms with Gasteiger partial charge in [0.15, 0.2) is 0 Å². The van der Waals surface area contributed by atoms with E-state index in [0.717, 1.165) is 25.9 Å². The molecule has 0 aromatic heterocycles. The maximum atomic E-state index is 12.2. The van der Waals surface area contributed by atoms with Crippen LogP contribution in [-0.2, 0) is 0 Å². The van der Waals surface area contributed by atoms with Crippen molar-refractivity contribution in [2.75, 3.05) is 23.3 Å². The number of carboxylic acid groups (broad SMARTS) is 1. The van der Waals surface area contributed by atoms with Crippen molar-refractivity contribution in [3.63, 3.8) is 0 Å². The Labute approximate surface area is 134 Å². The molecule has 2 aromatic rings. The Morgan fingerprint density at radius 1 is 1.00 bits per heavy atom. The Balaban J connectivity index is 1.85. The molecule has 0 radical (unpaired) electrons. The lowest BCUT2D eigenvalue weighted by Crippen LogP contribution is -2.21. The third kappa shape index (κ3) is 3.34. The van der Waals surface area contributed by atoms with Crippen LogP contribution in [0.15, 0.2) is 48.5 Å². The lowest BCUT2D eigenvalue weighted by molar-refractivity contribution is 0.0697. The number of nitrogens with one attached hydrogen (secondary N) is 1. The zero-order valence-electron chi connectivity index (χ0n) is 12.7. The van der Waals surface area contributed by atoms with Gasteiger partial charge in [0.25, 0.3) is 5.91 Å². The molecule has 0 atom stereocenters. The molecule has 3 rings (SSSR count). The van der Waals surface area contributed by atoms with Crippen molar-refractivity contribution in [2.45, 2.75) is 12.8 Å². The van der Waals surface area contributed by atoms with Gasteiger partial charge >= 0.3 is 5.97 Å². The lowest BCUT2D eigenvalue weighted by atomic mass is 10.1. The molecular formula is C18H18N2O3. The zero-order chi connectivity index (χ0) is 16.2. The molecule has 23 heavy (non-hydrogen) atoms. The highest BCUT2D eigenvalue weighted by molar-refractivity contribution is 6.05. The Kier molecular flexibility index (Phi) is 4.28. The van der Waals surface area contributed by atoms with Gasteiger partial charge in [-0.05, 0) is 43.2 Å². The fourth-order valence-corrected chi connectivity index (χ4v) is 2.81. The molecule has 1 heterocycles. The molecule has 1 saturated heterocycles. The number of carbonyl (C=O) groups excluding carboxylic acids is 1. The van der Waals surface area contributed by atoms with Crippen LogP contribution >= 0.6 is 0 Å². The second-order valence-corrected chi connectivity index (χ2v) is 5.55. The minimum Gasteiger partial charge on any atom is -0.478 e. The summed E-state index contributed by atoms with van der Waals surface area (Å²) >= 11 is 0. The molecule has 5 heteroatoms. The quantitative estimate of drug-likeness (QED) is 0.909. The molecule has 1 aliphatic rings. The number of anilines is 2. The smallest absolute Gasteiger partial charge is 0.337 e. The zero-order valence-corrected chi connectivity index (χ0v) is 12.7. The minimum absolute atomic E-state index is 0.220. The van der Waals surface area contributed by atoms with E-state index in [-0.39, 0.29) is 11.5 Å². The number of carboxylic acids is 1. The molecule has 5 nitrogen and oxygen atoms in total. The number of benzene rings is 2. The van der Waals surface area contributed by atoms with Crippen LogP contribution in [-0.4, -0.2) is 30.1 Å². The van der Waals surface area contributed by atoms with Gasteiger partial charge in [0, 0.05) is 24.3 Å². The summed E-state index contributed by atoms with van der Waals surface area (Å²) in [6.45, 7) is 1.74. The van der Waals surface area contributed by atoms with Gasteiger partial charge in [0.2, 0.25) is 0 Å². The predicted molar refractivity (Wildman–Crippen MR) is 89.2 cm³/mol. The van der Waals surface area contributed by atoms with Gasteiger partial charge < -0.3 is 15.3 Å². The summed E-state index contributed by atoms with van der Waals surface area (Å²) in [5, 5.41) is 12.2. The summed E-state index contributed by atoms with van der Waals surface area (Å²) in [6.07, 6.45) is 2.15. The number of hydrogen-bond donors (Lipinski definition) is 2. The fraction of sp³-hybridized carbons (Fsp3) is 0.222. The van der Waals surface area contributed by atoms with Crippen LogP contribution in [0.25, 0.3) is 0 Å². The summed E-state index contributed by atoms with van der Waals surface area (Å²) < 4.78 is 0. The van der Waals surface area contributed by atoms with Gasteiger partial charge in [-0.15, -0.1) is 0 Å². The fourth-order valence-electron chi connectivity index (χ4n) is 2.81. The number of rotatable bonds is 4. The molecule has 1 aliphatic heterocycles. The van der Waals surface area contributed by atoms with E-state index in [1.165, 1.54) is 6.07 Å². The number of hydrogen-bond acceptors (Lipinski definition) is 3. The highest BCUT2D eigenvalue weighted by Gasteiger charge is 2.20. The van der Waals surface area contributed by atoms with E-state index in [1.807, 2.05) is 6.07 Å². The second-order valence-electron chi connectivity index (χ2n) is 5.55. The summed E-state index contributed by atoms with van der Waals surface area (Å²) in [7, 11) is 0. The first-order chi connectivity index (χ1) is 11.1. The monoisotopic (exact) mass is 310 g/mol. The highest BCUT2D eigenvalue weighted by Crippen LogP contribution is 2.27. The normalized spacial score (nSPS) is 13.8. The number of nitrogens with zero attached hydrogens (tertiary/aromatic N) is 1. The summed E-state index contributed by atoms with van der Waals surface area (Å²) in [6, 6.07) is 13.9. The Bertz CT molecular complexity index is 722. The van der Waals surface area contributed by atoms with Crippen LogP contribution in [0.2, 0.25) is 0 Å². The summed E-state index contributed by atoms with van der Waals surface area (Å²) in [5.41, 5.74) is 1.96. The van der Waals surface area contributed by atoms with Crippen LogP contribution in [0.3, 0.4) is 0 Å². The van der Waals surface area contributed by atoms with E-state index in [9.17, 15) is 14.7 Å². The van der Waals surface area contributed by atoms with Gasteiger partial charge in [-0.3, -0.25) is 4.79 Å². The maximum Gasteiger partial charge on any atom is 0.337 e. The SMILES string of the molecule is O=C(Nc1ccc(N2CCCC2)c(C(=O)O)c1)c1ccccc1. The molecule has 2 N–H and O–H groups in total. The van der Waals surface area contributed by atoms with Crippen molar-refractivity contribution in [2.24, 2.45) is 0 Å². The standard InChI is InChI=1S/C18H18N2O3/c21-17(13-6-2-1-3-7-13)19-14-8-9-16(15(12-14)18(22)23)20-10-4-5-11-20/h1-3,6-9,12H,4-5,10-11H2,(H,19,21)(H,22,23). The topological polar surface area (TPSA) is 69.6 Å². The van der Waals surface area contributed by atoms with Crippen molar-refractivity contribution < 1.29 is 14.7 Å². The van der Waals surface area contributed by atoms with Crippen LogP contribution in [0.4, 0.5) is 11.4 Å². The molecule has 0 spiro atoms. The third-order valence-corrected chi connectivity index (χ3v) is 3.97. The summed E-state index contributed by atoms with van der Waals surface area (Å²) in [5.74, 6) is -1.24. The van der Waals surface area contributed by atoms with E-state index in [2.05, 4.69) is 10.2 Å². The molecule has 0 unspecified atom stereocenters. The molecule has 0 bridgehead atoms. The van der Waals surface area contributed by atoms with Gasteiger partial charge in [-0.1, -0.05) is 18.2 Å². The van der Waals surface area contributed by atoms with Gasteiger partial charge in [0.1, 0.15) is 0 Å². The lowest BCUT2D eigenvalue weighted by Gasteiger charge is -2.20. The molecule has 1 amide bonds. The molecule has 1 fully saturated rings. The minimum atomic E-state index is -0.984. The summed E-state index contributed by atoms with van der Waals surface area (Å²) in [4.78, 5) is 25.8. The first kappa shape index (κ1) is 15.1. The Hall–Kier alpha value is -2.82. The first-order valence-corrected chi connectivity index (χ1v) is 7.64. The molecule has 118 valence electrons. The van der Waals surface area contributed by atoms with Crippen molar-refractivity contribution in [1.82, 2.24) is 0 Å². The van der Waals surface area contributed by atoms with E-state index in [4.69, 9.17) is 0 Å². The second kappa shape index (κ2) is 6.52. The predicted octanol–water partition coefficient (Wildman–Crippen LogP) is 3.24. The van der Waals surface area contributed by atoms with Gasteiger partial charge in [0.05, 0.1) is 11.3 Å². The number of amides is 1. The maximum absolute atomic E-state index is 12.2. The van der Waals surface area contributed by atoms with E-state index in [0.29, 0.717) is 16.9 Å². The average molecular weight is 310 g/mol. The van der Waals surface area contributed by atoms with Crippen molar-refractivity contribution >= 4 is 23.3 Å².